The molecule has 1 N–H and O–H groups in total. The molecule has 0 aliphatic carbocycles. The van der Waals surface area contributed by atoms with Crippen LogP contribution in [0, 0.1) is 0 Å². The Morgan fingerprint density at radius 1 is 1.00 bits per heavy atom. The Hall–Kier alpha value is -1.80. The van der Waals surface area contributed by atoms with E-state index in [0.717, 1.165) is 12.2 Å². The van der Waals surface area contributed by atoms with Crippen molar-refractivity contribution in [1.29, 1.82) is 0 Å². The number of benzene rings is 2. The van der Waals surface area contributed by atoms with Crippen LogP contribution in [-0.2, 0) is 6.42 Å². The first kappa shape index (κ1) is 15.6. The van der Waals surface area contributed by atoms with Crippen LogP contribution in [0.2, 0.25) is 0 Å². The SMILES string of the molecule is CCCc1cccc(C(NC)c2cccc(OCC)c2)c1. The first-order valence-electron chi connectivity index (χ1n) is 7.77. The topological polar surface area (TPSA) is 21.3 Å². The highest BCUT2D eigenvalue weighted by Gasteiger charge is 2.13. The van der Waals surface area contributed by atoms with E-state index >= 15 is 0 Å². The summed E-state index contributed by atoms with van der Waals surface area (Å²) in [5, 5.41) is 3.42. The van der Waals surface area contributed by atoms with Crippen LogP contribution in [0.1, 0.15) is 43.0 Å². The van der Waals surface area contributed by atoms with Gasteiger partial charge in [-0.15, -0.1) is 0 Å². The minimum Gasteiger partial charge on any atom is -0.494 e. The van der Waals surface area contributed by atoms with Crippen molar-refractivity contribution in [2.75, 3.05) is 13.7 Å². The molecule has 21 heavy (non-hydrogen) atoms. The van der Waals surface area contributed by atoms with E-state index in [0.29, 0.717) is 6.61 Å². The molecule has 1 atom stereocenters. The molecule has 112 valence electrons. The molecule has 2 heteroatoms. The monoisotopic (exact) mass is 283 g/mol. The van der Waals surface area contributed by atoms with Crippen molar-refractivity contribution in [2.45, 2.75) is 32.7 Å². The lowest BCUT2D eigenvalue weighted by molar-refractivity contribution is 0.339. The van der Waals surface area contributed by atoms with Crippen LogP contribution in [0.15, 0.2) is 48.5 Å². The Kier molecular flexibility index (Phi) is 5.82. The number of rotatable bonds is 7. The molecule has 0 spiro atoms. The van der Waals surface area contributed by atoms with Gasteiger partial charge in [0, 0.05) is 0 Å². The summed E-state index contributed by atoms with van der Waals surface area (Å²) >= 11 is 0. The molecule has 1 unspecified atom stereocenters. The van der Waals surface area contributed by atoms with E-state index in [1.165, 1.54) is 23.1 Å². The van der Waals surface area contributed by atoms with Crippen molar-refractivity contribution in [3.05, 3.63) is 65.2 Å². The van der Waals surface area contributed by atoms with Gasteiger partial charge in [0.05, 0.1) is 12.6 Å². The molecule has 0 bridgehead atoms. The van der Waals surface area contributed by atoms with Crippen LogP contribution in [-0.4, -0.2) is 13.7 Å². The fourth-order valence-corrected chi connectivity index (χ4v) is 2.69. The smallest absolute Gasteiger partial charge is 0.119 e. The fraction of sp³-hybridized carbons (Fsp3) is 0.368. The fourth-order valence-electron chi connectivity index (χ4n) is 2.69. The zero-order valence-electron chi connectivity index (χ0n) is 13.2. The number of aryl methyl sites for hydroxylation is 1. The molecule has 0 heterocycles. The van der Waals surface area contributed by atoms with Crippen LogP contribution in [0.4, 0.5) is 0 Å². The maximum absolute atomic E-state index is 5.61. The summed E-state index contributed by atoms with van der Waals surface area (Å²) in [7, 11) is 2.00. The number of ether oxygens (including phenoxy) is 1. The van der Waals surface area contributed by atoms with Crippen molar-refractivity contribution in [2.24, 2.45) is 0 Å². The quantitative estimate of drug-likeness (QED) is 0.816. The van der Waals surface area contributed by atoms with Gasteiger partial charge >= 0.3 is 0 Å². The second-order valence-electron chi connectivity index (χ2n) is 5.22. The van der Waals surface area contributed by atoms with Gasteiger partial charge in [-0.2, -0.15) is 0 Å². The third-order valence-electron chi connectivity index (χ3n) is 3.61. The molecular formula is C19H25NO. The molecule has 2 rings (SSSR count). The summed E-state index contributed by atoms with van der Waals surface area (Å²) in [4.78, 5) is 0. The Labute approximate surface area is 128 Å². The van der Waals surface area contributed by atoms with Crippen molar-refractivity contribution in [1.82, 2.24) is 5.32 Å². The molecule has 0 saturated carbocycles. The van der Waals surface area contributed by atoms with Crippen LogP contribution in [0.25, 0.3) is 0 Å². The van der Waals surface area contributed by atoms with Gasteiger partial charge in [0.15, 0.2) is 0 Å². The average Bonchev–Trinajstić information content (AvgIpc) is 2.50. The molecule has 0 saturated heterocycles. The van der Waals surface area contributed by atoms with Gasteiger partial charge in [-0.05, 0) is 49.2 Å². The lowest BCUT2D eigenvalue weighted by atomic mass is 9.96. The lowest BCUT2D eigenvalue weighted by Crippen LogP contribution is -2.17. The standard InChI is InChI=1S/C19H25NO/c1-4-8-15-9-6-10-16(13-15)19(20-3)17-11-7-12-18(14-17)21-5-2/h6-7,9-14,19-20H,4-5,8H2,1-3H3. The predicted molar refractivity (Wildman–Crippen MR) is 89.0 cm³/mol. The Balaban J connectivity index is 2.30. The summed E-state index contributed by atoms with van der Waals surface area (Å²) < 4.78 is 5.61. The van der Waals surface area contributed by atoms with Gasteiger partial charge in [0.2, 0.25) is 0 Å². The third kappa shape index (κ3) is 4.08. The van der Waals surface area contributed by atoms with Crippen LogP contribution in [0.5, 0.6) is 5.75 Å². The highest BCUT2D eigenvalue weighted by atomic mass is 16.5. The lowest BCUT2D eigenvalue weighted by Gasteiger charge is -2.19. The van der Waals surface area contributed by atoms with Gasteiger partial charge in [0.25, 0.3) is 0 Å². The van der Waals surface area contributed by atoms with E-state index in [1.54, 1.807) is 0 Å². The Bertz CT molecular complexity index is 515. The van der Waals surface area contributed by atoms with Crippen LogP contribution in [0.3, 0.4) is 0 Å². The third-order valence-corrected chi connectivity index (χ3v) is 3.61. The predicted octanol–water partition coefficient (Wildman–Crippen LogP) is 4.35. The maximum Gasteiger partial charge on any atom is 0.119 e. The second-order valence-corrected chi connectivity index (χ2v) is 5.22. The highest BCUT2D eigenvalue weighted by Crippen LogP contribution is 2.26. The number of hydrogen-bond acceptors (Lipinski definition) is 2. The van der Waals surface area contributed by atoms with E-state index in [9.17, 15) is 0 Å². The molecule has 0 aliphatic heterocycles. The molecule has 2 aromatic carbocycles. The molecule has 0 amide bonds. The van der Waals surface area contributed by atoms with Crippen molar-refractivity contribution < 1.29 is 4.74 Å². The number of hydrogen-bond donors (Lipinski definition) is 1. The summed E-state index contributed by atoms with van der Waals surface area (Å²) in [6.07, 6.45) is 2.30. The minimum absolute atomic E-state index is 0.196. The van der Waals surface area contributed by atoms with E-state index < -0.39 is 0 Å². The Morgan fingerprint density at radius 2 is 1.71 bits per heavy atom. The maximum atomic E-state index is 5.61. The Morgan fingerprint density at radius 3 is 2.38 bits per heavy atom. The van der Waals surface area contributed by atoms with Crippen LogP contribution < -0.4 is 10.1 Å². The van der Waals surface area contributed by atoms with E-state index in [4.69, 9.17) is 4.74 Å². The summed E-state index contributed by atoms with van der Waals surface area (Å²) in [5.41, 5.74) is 3.94. The zero-order valence-corrected chi connectivity index (χ0v) is 13.2. The molecule has 2 aromatic rings. The highest BCUT2D eigenvalue weighted by molar-refractivity contribution is 5.38. The first-order valence-corrected chi connectivity index (χ1v) is 7.77. The summed E-state index contributed by atoms with van der Waals surface area (Å²) in [5.74, 6) is 0.931. The van der Waals surface area contributed by atoms with Gasteiger partial charge < -0.3 is 10.1 Å². The molecule has 0 aliphatic rings. The molecule has 0 radical (unpaired) electrons. The first-order chi connectivity index (χ1) is 10.3. The average molecular weight is 283 g/mol. The summed E-state index contributed by atoms with van der Waals surface area (Å²) in [6, 6.07) is 17.4. The normalized spacial score (nSPS) is 12.1. The molecule has 0 fully saturated rings. The molecule has 2 nitrogen and oxygen atoms in total. The molecule has 0 aromatic heterocycles. The van der Waals surface area contributed by atoms with Crippen LogP contribution >= 0.6 is 0 Å². The van der Waals surface area contributed by atoms with E-state index in [2.05, 4.69) is 54.7 Å². The van der Waals surface area contributed by atoms with Crippen molar-refractivity contribution in [3.63, 3.8) is 0 Å². The van der Waals surface area contributed by atoms with Crippen molar-refractivity contribution in [3.8, 4) is 5.75 Å². The van der Waals surface area contributed by atoms with Crippen molar-refractivity contribution >= 4 is 0 Å². The van der Waals surface area contributed by atoms with E-state index in [1.807, 2.05) is 20.0 Å². The zero-order chi connectivity index (χ0) is 15.1. The van der Waals surface area contributed by atoms with Gasteiger partial charge in [-0.1, -0.05) is 49.7 Å². The van der Waals surface area contributed by atoms with Gasteiger partial charge in [-0.25, -0.2) is 0 Å². The van der Waals surface area contributed by atoms with Gasteiger partial charge in [0.1, 0.15) is 5.75 Å². The largest absolute Gasteiger partial charge is 0.494 e. The second kappa shape index (κ2) is 7.84. The molecular weight excluding hydrogens is 258 g/mol. The van der Waals surface area contributed by atoms with Gasteiger partial charge in [-0.3, -0.25) is 0 Å². The minimum atomic E-state index is 0.196. The summed E-state index contributed by atoms with van der Waals surface area (Å²) in [6.45, 7) is 4.92. The van der Waals surface area contributed by atoms with E-state index in [-0.39, 0.29) is 6.04 Å². The number of nitrogens with one attached hydrogen (secondary N) is 1.